The van der Waals surface area contributed by atoms with E-state index in [1.165, 1.54) is 30.5 Å². The highest BCUT2D eigenvalue weighted by molar-refractivity contribution is 6.30. The molecule has 2 N–H and O–H groups in total. The number of benzene rings is 1. The molecule has 1 aromatic carbocycles. The van der Waals surface area contributed by atoms with Gasteiger partial charge in [-0.1, -0.05) is 29.8 Å². The van der Waals surface area contributed by atoms with Crippen molar-refractivity contribution in [2.45, 2.75) is 6.10 Å². The van der Waals surface area contributed by atoms with Crippen molar-refractivity contribution in [2.75, 3.05) is 6.54 Å². The first kappa shape index (κ1) is 14.4. The number of hydrogen-bond donors (Lipinski definition) is 2. The van der Waals surface area contributed by atoms with Crippen LogP contribution in [0.5, 0.6) is 0 Å². The van der Waals surface area contributed by atoms with E-state index in [9.17, 15) is 14.3 Å². The molecule has 0 aliphatic heterocycles. The van der Waals surface area contributed by atoms with E-state index >= 15 is 0 Å². The first-order valence-corrected chi connectivity index (χ1v) is 6.28. The first-order chi connectivity index (χ1) is 9.58. The Morgan fingerprint density at radius 2 is 2.15 bits per heavy atom. The van der Waals surface area contributed by atoms with Gasteiger partial charge < -0.3 is 10.4 Å². The minimum atomic E-state index is -1.13. The van der Waals surface area contributed by atoms with Crippen molar-refractivity contribution in [2.24, 2.45) is 0 Å². The van der Waals surface area contributed by atoms with Crippen LogP contribution < -0.4 is 5.32 Å². The topological polar surface area (TPSA) is 62.2 Å². The fourth-order valence-corrected chi connectivity index (χ4v) is 1.82. The fraction of sp³-hybridized carbons (Fsp3) is 0.143. The van der Waals surface area contributed by atoms with Gasteiger partial charge in [0.25, 0.3) is 5.91 Å². The van der Waals surface area contributed by atoms with Crippen LogP contribution in [0.1, 0.15) is 22.2 Å². The molecular weight excluding hydrogens is 283 g/mol. The number of hydrogen-bond acceptors (Lipinski definition) is 3. The predicted molar refractivity (Wildman–Crippen MR) is 72.9 cm³/mol. The van der Waals surface area contributed by atoms with E-state index in [1.54, 1.807) is 12.1 Å². The molecule has 2 rings (SSSR count). The third-order valence-electron chi connectivity index (χ3n) is 2.67. The molecule has 0 saturated carbocycles. The minimum absolute atomic E-state index is 0.117. The molecule has 0 spiro atoms. The first-order valence-electron chi connectivity index (χ1n) is 5.90. The Balaban J connectivity index is 1.99. The molecule has 20 heavy (non-hydrogen) atoms. The lowest BCUT2D eigenvalue weighted by Gasteiger charge is -2.12. The average Bonchev–Trinajstić information content (AvgIpc) is 2.45. The predicted octanol–water partition coefficient (Wildman–Crippen LogP) is 2.34. The molecule has 0 fully saturated rings. The Bertz CT molecular complexity index is 622. The molecule has 1 atom stereocenters. The highest BCUT2D eigenvalue weighted by Gasteiger charge is 2.14. The van der Waals surface area contributed by atoms with Crippen LogP contribution in [0.25, 0.3) is 0 Å². The number of carbonyl (C=O) groups excluding carboxylic acids is 1. The molecule has 1 heterocycles. The molecule has 1 amide bonds. The van der Waals surface area contributed by atoms with Gasteiger partial charge in [0.15, 0.2) is 0 Å². The molecule has 6 heteroatoms. The summed E-state index contributed by atoms with van der Waals surface area (Å²) < 4.78 is 13.4. The van der Waals surface area contributed by atoms with Gasteiger partial charge in [0, 0.05) is 23.3 Å². The van der Waals surface area contributed by atoms with Crippen molar-refractivity contribution in [1.29, 1.82) is 0 Å². The highest BCUT2D eigenvalue weighted by Crippen LogP contribution is 2.15. The summed E-state index contributed by atoms with van der Waals surface area (Å²) in [5.74, 6) is -1.00. The van der Waals surface area contributed by atoms with E-state index in [1.807, 2.05) is 0 Å². The van der Waals surface area contributed by atoms with Crippen LogP contribution in [-0.4, -0.2) is 22.5 Å². The molecule has 1 aromatic heterocycles. The monoisotopic (exact) mass is 294 g/mol. The molecule has 0 bridgehead atoms. The third kappa shape index (κ3) is 3.53. The van der Waals surface area contributed by atoms with E-state index in [4.69, 9.17) is 11.6 Å². The van der Waals surface area contributed by atoms with Gasteiger partial charge in [-0.25, -0.2) is 4.39 Å². The summed E-state index contributed by atoms with van der Waals surface area (Å²) in [6.45, 7) is -0.117. The van der Waals surface area contributed by atoms with Gasteiger partial charge >= 0.3 is 0 Å². The highest BCUT2D eigenvalue weighted by atomic mass is 35.5. The molecule has 4 nitrogen and oxygen atoms in total. The Hall–Kier alpha value is -1.98. The molecular formula is C14H12ClFN2O2. The molecule has 0 saturated heterocycles. The zero-order valence-corrected chi connectivity index (χ0v) is 11.1. The number of pyridine rings is 1. The van der Waals surface area contributed by atoms with Gasteiger partial charge in [-0.2, -0.15) is 0 Å². The number of amides is 1. The van der Waals surface area contributed by atoms with Crippen LogP contribution in [0.2, 0.25) is 5.02 Å². The van der Waals surface area contributed by atoms with Gasteiger partial charge in [0.1, 0.15) is 11.5 Å². The molecule has 1 unspecified atom stereocenters. The van der Waals surface area contributed by atoms with Gasteiger partial charge in [-0.3, -0.25) is 9.78 Å². The van der Waals surface area contributed by atoms with E-state index in [-0.39, 0.29) is 17.8 Å². The summed E-state index contributed by atoms with van der Waals surface area (Å²) in [6.07, 6.45) is 0.282. The number of aromatic nitrogens is 1. The number of rotatable bonds is 4. The van der Waals surface area contributed by atoms with Crippen LogP contribution in [0, 0.1) is 5.82 Å². The SMILES string of the molecule is O=C(NCC(O)c1ccccc1F)c1cc(Cl)ccn1. The summed E-state index contributed by atoms with van der Waals surface area (Å²) in [6, 6.07) is 8.81. The largest absolute Gasteiger partial charge is 0.386 e. The molecule has 104 valence electrons. The summed E-state index contributed by atoms with van der Waals surface area (Å²) in [7, 11) is 0. The number of nitrogens with zero attached hydrogens (tertiary/aromatic N) is 1. The van der Waals surface area contributed by atoms with E-state index in [0.717, 1.165) is 0 Å². The number of aliphatic hydroxyl groups is 1. The zero-order chi connectivity index (χ0) is 14.5. The standard InChI is InChI=1S/C14H12ClFN2O2/c15-9-5-6-17-12(7-9)14(20)18-8-13(19)10-3-1-2-4-11(10)16/h1-7,13,19H,8H2,(H,18,20). The zero-order valence-electron chi connectivity index (χ0n) is 10.4. The second-order valence-electron chi connectivity index (χ2n) is 4.11. The van der Waals surface area contributed by atoms with Crippen molar-refractivity contribution in [3.63, 3.8) is 0 Å². The van der Waals surface area contributed by atoms with E-state index < -0.39 is 17.8 Å². The van der Waals surface area contributed by atoms with Crippen molar-refractivity contribution in [3.05, 3.63) is 64.7 Å². The lowest BCUT2D eigenvalue weighted by atomic mass is 10.1. The van der Waals surface area contributed by atoms with Crippen molar-refractivity contribution < 1.29 is 14.3 Å². The molecule has 0 radical (unpaired) electrons. The second-order valence-corrected chi connectivity index (χ2v) is 4.54. The van der Waals surface area contributed by atoms with Gasteiger partial charge in [0.2, 0.25) is 0 Å². The molecule has 0 aliphatic carbocycles. The minimum Gasteiger partial charge on any atom is -0.386 e. The lowest BCUT2D eigenvalue weighted by Crippen LogP contribution is -2.29. The van der Waals surface area contributed by atoms with Crippen molar-refractivity contribution >= 4 is 17.5 Å². The number of nitrogens with one attached hydrogen (secondary N) is 1. The number of halogens is 2. The average molecular weight is 295 g/mol. The van der Waals surface area contributed by atoms with E-state index in [0.29, 0.717) is 5.02 Å². The maximum atomic E-state index is 13.4. The second kappa shape index (κ2) is 6.45. The maximum Gasteiger partial charge on any atom is 0.270 e. The van der Waals surface area contributed by atoms with E-state index in [2.05, 4.69) is 10.3 Å². The summed E-state index contributed by atoms with van der Waals surface area (Å²) in [4.78, 5) is 15.6. The van der Waals surface area contributed by atoms with Crippen LogP contribution >= 0.6 is 11.6 Å². The fourth-order valence-electron chi connectivity index (χ4n) is 1.66. The smallest absolute Gasteiger partial charge is 0.270 e. The summed E-state index contributed by atoms with van der Waals surface area (Å²) in [5.41, 5.74) is 0.269. The normalized spacial score (nSPS) is 11.9. The van der Waals surface area contributed by atoms with Crippen LogP contribution in [0.15, 0.2) is 42.6 Å². The van der Waals surface area contributed by atoms with Gasteiger partial charge in [-0.05, 0) is 18.2 Å². The summed E-state index contributed by atoms with van der Waals surface area (Å²) >= 11 is 5.75. The van der Waals surface area contributed by atoms with Gasteiger partial charge in [0.05, 0.1) is 6.10 Å². The van der Waals surface area contributed by atoms with Crippen LogP contribution in [0.3, 0.4) is 0 Å². The summed E-state index contributed by atoms with van der Waals surface area (Å²) in [5, 5.41) is 12.7. The van der Waals surface area contributed by atoms with Crippen molar-refractivity contribution in [3.8, 4) is 0 Å². The Labute approximate surface area is 120 Å². The Kier molecular flexibility index (Phi) is 4.65. The molecule has 0 aliphatic rings. The van der Waals surface area contributed by atoms with Gasteiger partial charge in [-0.15, -0.1) is 0 Å². The Morgan fingerprint density at radius 3 is 2.85 bits per heavy atom. The third-order valence-corrected chi connectivity index (χ3v) is 2.91. The molecule has 2 aromatic rings. The Morgan fingerprint density at radius 1 is 1.40 bits per heavy atom. The van der Waals surface area contributed by atoms with Crippen LogP contribution in [0.4, 0.5) is 4.39 Å². The maximum absolute atomic E-state index is 13.4. The van der Waals surface area contributed by atoms with Crippen molar-refractivity contribution in [1.82, 2.24) is 10.3 Å². The lowest BCUT2D eigenvalue weighted by molar-refractivity contribution is 0.0909. The quantitative estimate of drug-likeness (QED) is 0.910. The number of aliphatic hydroxyl groups excluding tert-OH is 1. The van der Waals surface area contributed by atoms with Crippen LogP contribution in [-0.2, 0) is 0 Å². The number of carbonyl (C=O) groups is 1.